The minimum Gasteiger partial charge on any atom is -0.465 e. The normalized spacial score (nSPS) is 11.0. The number of hydrogen-bond donors (Lipinski definition) is 0. The van der Waals surface area contributed by atoms with Crippen molar-refractivity contribution in [3.8, 4) is 0 Å². The molecule has 116 valence electrons. The van der Waals surface area contributed by atoms with Gasteiger partial charge in [-0.15, -0.1) is 0 Å². The summed E-state index contributed by atoms with van der Waals surface area (Å²) in [6.45, 7) is 0. The second-order valence-electron chi connectivity index (χ2n) is 4.81. The van der Waals surface area contributed by atoms with E-state index in [1.165, 1.54) is 7.11 Å². The van der Waals surface area contributed by atoms with Crippen molar-refractivity contribution in [1.82, 2.24) is 4.98 Å². The van der Waals surface area contributed by atoms with Crippen LogP contribution in [0.15, 0.2) is 53.6 Å². The molecule has 0 unspecified atom stereocenters. The molecular formula is C17H15N3O2S. The van der Waals surface area contributed by atoms with Crippen LogP contribution in [-0.2, 0) is 4.74 Å². The molecule has 0 atom stereocenters. The van der Waals surface area contributed by atoms with Crippen molar-refractivity contribution in [2.24, 2.45) is 5.10 Å². The molecule has 0 radical (unpaired) electrons. The number of thiazole rings is 1. The number of hydrogen-bond acceptors (Lipinski definition) is 6. The second-order valence-corrected chi connectivity index (χ2v) is 5.82. The standard InChI is InChI=1S/C17H15N3O2S/c1-20(17-19-14-9-5-6-10-15(14)23-17)18-11-12-7-3-4-8-13(12)16(21)22-2/h3-11H,1-2H3. The molecule has 0 spiro atoms. The highest BCUT2D eigenvalue weighted by Gasteiger charge is 2.10. The molecule has 0 aliphatic heterocycles. The fraction of sp³-hybridized carbons (Fsp3) is 0.118. The molecule has 0 saturated heterocycles. The van der Waals surface area contributed by atoms with E-state index in [0.717, 1.165) is 15.3 Å². The highest BCUT2D eigenvalue weighted by molar-refractivity contribution is 7.22. The van der Waals surface area contributed by atoms with E-state index >= 15 is 0 Å². The Morgan fingerprint density at radius 1 is 1.22 bits per heavy atom. The fourth-order valence-electron chi connectivity index (χ4n) is 2.10. The smallest absolute Gasteiger partial charge is 0.338 e. The zero-order valence-electron chi connectivity index (χ0n) is 12.8. The molecular weight excluding hydrogens is 310 g/mol. The van der Waals surface area contributed by atoms with Gasteiger partial charge in [0.05, 0.1) is 29.1 Å². The first kappa shape index (κ1) is 15.2. The zero-order chi connectivity index (χ0) is 16.2. The molecule has 0 N–H and O–H groups in total. The molecule has 6 heteroatoms. The Morgan fingerprint density at radius 2 is 1.96 bits per heavy atom. The molecule has 0 amide bonds. The SMILES string of the molecule is COC(=O)c1ccccc1C=NN(C)c1nc2ccccc2s1. The van der Waals surface area contributed by atoms with Gasteiger partial charge in [-0.25, -0.2) is 14.8 Å². The summed E-state index contributed by atoms with van der Waals surface area (Å²) in [6, 6.07) is 15.1. The van der Waals surface area contributed by atoms with Gasteiger partial charge in [-0.3, -0.25) is 0 Å². The van der Waals surface area contributed by atoms with Gasteiger partial charge in [0.25, 0.3) is 0 Å². The quantitative estimate of drug-likeness (QED) is 0.418. The number of carbonyl (C=O) groups is 1. The van der Waals surface area contributed by atoms with Crippen molar-refractivity contribution in [3.05, 3.63) is 59.7 Å². The van der Waals surface area contributed by atoms with E-state index in [1.54, 1.807) is 34.7 Å². The summed E-state index contributed by atoms with van der Waals surface area (Å²) in [7, 11) is 3.19. The van der Waals surface area contributed by atoms with E-state index in [4.69, 9.17) is 4.74 Å². The van der Waals surface area contributed by atoms with Crippen molar-refractivity contribution in [1.29, 1.82) is 0 Å². The zero-order valence-corrected chi connectivity index (χ0v) is 13.6. The monoisotopic (exact) mass is 325 g/mol. The van der Waals surface area contributed by atoms with Gasteiger partial charge < -0.3 is 4.74 Å². The number of carbonyl (C=O) groups excluding carboxylic acids is 1. The number of anilines is 1. The van der Waals surface area contributed by atoms with Crippen molar-refractivity contribution < 1.29 is 9.53 Å². The van der Waals surface area contributed by atoms with E-state index in [2.05, 4.69) is 10.1 Å². The van der Waals surface area contributed by atoms with Gasteiger partial charge in [0.2, 0.25) is 5.13 Å². The topological polar surface area (TPSA) is 54.8 Å². The Hall–Kier alpha value is -2.73. The first-order valence-corrected chi connectivity index (χ1v) is 7.81. The minimum atomic E-state index is -0.380. The van der Waals surface area contributed by atoms with Crippen LogP contribution in [0.2, 0.25) is 0 Å². The van der Waals surface area contributed by atoms with Crippen molar-refractivity contribution >= 4 is 38.9 Å². The molecule has 0 aliphatic rings. The average molecular weight is 325 g/mol. The lowest BCUT2D eigenvalue weighted by atomic mass is 10.1. The number of aromatic nitrogens is 1. The van der Waals surface area contributed by atoms with Crippen molar-refractivity contribution in [3.63, 3.8) is 0 Å². The van der Waals surface area contributed by atoms with Crippen LogP contribution < -0.4 is 5.01 Å². The summed E-state index contributed by atoms with van der Waals surface area (Å²) < 4.78 is 5.89. The molecule has 1 heterocycles. The molecule has 1 aromatic heterocycles. The molecule has 0 aliphatic carbocycles. The van der Waals surface area contributed by atoms with Crippen LogP contribution in [0.25, 0.3) is 10.2 Å². The van der Waals surface area contributed by atoms with Crippen LogP contribution in [0, 0.1) is 0 Å². The Bertz CT molecular complexity index is 840. The Balaban J connectivity index is 1.86. The number of benzene rings is 2. The highest BCUT2D eigenvalue weighted by Crippen LogP contribution is 2.27. The number of ether oxygens (including phenoxy) is 1. The average Bonchev–Trinajstić information content (AvgIpc) is 3.03. The summed E-state index contributed by atoms with van der Waals surface area (Å²) in [5.41, 5.74) is 2.13. The summed E-state index contributed by atoms with van der Waals surface area (Å²) >= 11 is 1.56. The third kappa shape index (κ3) is 3.22. The lowest BCUT2D eigenvalue weighted by Crippen LogP contribution is -2.10. The maximum atomic E-state index is 11.8. The molecule has 0 fully saturated rings. The molecule has 2 aromatic carbocycles. The Labute approximate surface area is 137 Å². The summed E-state index contributed by atoms with van der Waals surface area (Å²) in [5.74, 6) is -0.380. The maximum absolute atomic E-state index is 11.8. The van der Waals surface area contributed by atoms with Gasteiger partial charge in [-0.1, -0.05) is 41.7 Å². The van der Waals surface area contributed by atoms with Crippen LogP contribution in [0.1, 0.15) is 15.9 Å². The highest BCUT2D eigenvalue weighted by atomic mass is 32.1. The predicted octanol–water partition coefficient (Wildman–Crippen LogP) is 3.55. The van der Waals surface area contributed by atoms with Crippen LogP contribution in [0.5, 0.6) is 0 Å². The van der Waals surface area contributed by atoms with Gasteiger partial charge >= 0.3 is 5.97 Å². The number of methoxy groups -OCH3 is 1. The number of hydrazone groups is 1. The van der Waals surface area contributed by atoms with E-state index in [9.17, 15) is 4.79 Å². The third-order valence-corrected chi connectivity index (χ3v) is 4.40. The molecule has 3 aromatic rings. The predicted molar refractivity (Wildman–Crippen MR) is 93.4 cm³/mol. The van der Waals surface area contributed by atoms with E-state index < -0.39 is 0 Å². The van der Waals surface area contributed by atoms with Crippen LogP contribution >= 0.6 is 11.3 Å². The fourth-order valence-corrected chi connectivity index (χ4v) is 2.99. The number of nitrogens with zero attached hydrogens (tertiary/aromatic N) is 3. The number of fused-ring (bicyclic) bond motifs is 1. The van der Waals surface area contributed by atoms with Gasteiger partial charge in [0.15, 0.2) is 0 Å². The van der Waals surface area contributed by atoms with Gasteiger partial charge in [0.1, 0.15) is 0 Å². The van der Waals surface area contributed by atoms with E-state index in [-0.39, 0.29) is 5.97 Å². The van der Waals surface area contributed by atoms with Crippen LogP contribution in [0.4, 0.5) is 5.13 Å². The first-order chi connectivity index (χ1) is 11.2. The molecule has 23 heavy (non-hydrogen) atoms. The lowest BCUT2D eigenvalue weighted by molar-refractivity contribution is 0.0600. The van der Waals surface area contributed by atoms with Crippen LogP contribution in [0.3, 0.4) is 0 Å². The molecule has 0 saturated carbocycles. The summed E-state index contributed by atoms with van der Waals surface area (Å²) in [6.07, 6.45) is 1.64. The number of esters is 1. The first-order valence-electron chi connectivity index (χ1n) is 6.99. The summed E-state index contributed by atoms with van der Waals surface area (Å²) in [4.78, 5) is 16.3. The Kier molecular flexibility index (Phi) is 4.34. The lowest BCUT2D eigenvalue weighted by Gasteiger charge is -2.08. The van der Waals surface area contributed by atoms with Crippen molar-refractivity contribution in [2.45, 2.75) is 0 Å². The summed E-state index contributed by atoms with van der Waals surface area (Å²) in [5, 5.41) is 6.87. The molecule has 5 nitrogen and oxygen atoms in total. The van der Waals surface area contributed by atoms with E-state index in [0.29, 0.717) is 11.1 Å². The van der Waals surface area contributed by atoms with Gasteiger partial charge in [-0.2, -0.15) is 5.10 Å². The van der Waals surface area contributed by atoms with Gasteiger partial charge in [-0.05, 0) is 18.2 Å². The number of rotatable bonds is 4. The second kappa shape index (κ2) is 6.58. The van der Waals surface area contributed by atoms with E-state index in [1.807, 2.05) is 43.4 Å². The van der Waals surface area contributed by atoms with Crippen LogP contribution in [-0.4, -0.2) is 31.3 Å². The minimum absolute atomic E-state index is 0.380. The Morgan fingerprint density at radius 3 is 2.74 bits per heavy atom. The molecule has 0 bridgehead atoms. The van der Waals surface area contributed by atoms with Crippen molar-refractivity contribution in [2.75, 3.05) is 19.2 Å². The molecule has 3 rings (SSSR count). The third-order valence-electron chi connectivity index (χ3n) is 3.30. The number of para-hydroxylation sites is 1. The van der Waals surface area contributed by atoms with Gasteiger partial charge in [0, 0.05) is 12.6 Å². The maximum Gasteiger partial charge on any atom is 0.338 e. The largest absolute Gasteiger partial charge is 0.465 e.